The zero-order valence-corrected chi connectivity index (χ0v) is 10.8. The van der Waals surface area contributed by atoms with Crippen LogP contribution in [0, 0.1) is 6.92 Å². The molecule has 2 aromatic carbocycles. The van der Waals surface area contributed by atoms with E-state index in [1.54, 1.807) is 6.07 Å². The van der Waals surface area contributed by atoms with Crippen LogP contribution >= 0.6 is 0 Å². The van der Waals surface area contributed by atoms with Gasteiger partial charge in [0, 0.05) is 5.39 Å². The molecule has 0 atom stereocenters. The summed E-state index contributed by atoms with van der Waals surface area (Å²) in [5.74, 6) is -0.673. The maximum Gasteiger partial charge on any atom is 0.335 e. The fourth-order valence-electron chi connectivity index (χ4n) is 2.17. The molecule has 4 nitrogen and oxygen atoms in total. The second-order valence-corrected chi connectivity index (χ2v) is 4.69. The van der Waals surface area contributed by atoms with Crippen molar-refractivity contribution in [3.05, 3.63) is 53.6 Å². The van der Waals surface area contributed by atoms with Gasteiger partial charge in [-0.2, -0.15) is 0 Å². The Morgan fingerprint density at radius 2 is 1.90 bits per heavy atom. The number of rotatable bonds is 2. The number of hydrogen-bond donors (Lipinski definition) is 2. The standard InChI is InChI=1S/C16H12O4/c1-9-2-5-14-11(6-9)8-15(20-14)12-4-3-10(16(18)19)7-13(12)17/h2-8,17H,1H3,(H,18,19). The van der Waals surface area contributed by atoms with E-state index in [1.165, 1.54) is 12.1 Å². The van der Waals surface area contributed by atoms with E-state index in [9.17, 15) is 9.90 Å². The number of furan rings is 1. The van der Waals surface area contributed by atoms with E-state index in [-0.39, 0.29) is 11.3 Å². The molecule has 4 heteroatoms. The highest BCUT2D eigenvalue weighted by atomic mass is 16.4. The molecule has 2 N–H and O–H groups in total. The quantitative estimate of drug-likeness (QED) is 0.741. The number of fused-ring (bicyclic) bond motifs is 1. The van der Waals surface area contributed by atoms with E-state index in [2.05, 4.69) is 0 Å². The molecule has 0 spiro atoms. The van der Waals surface area contributed by atoms with Crippen molar-refractivity contribution in [2.45, 2.75) is 6.92 Å². The van der Waals surface area contributed by atoms with Crippen molar-refractivity contribution in [3.8, 4) is 17.1 Å². The molecule has 0 radical (unpaired) electrons. The molecule has 0 saturated carbocycles. The Hall–Kier alpha value is -2.75. The molecule has 0 bridgehead atoms. The van der Waals surface area contributed by atoms with Gasteiger partial charge in [-0.3, -0.25) is 0 Å². The van der Waals surface area contributed by atoms with Crippen LogP contribution in [0.3, 0.4) is 0 Å². The van der Waals surface area contributed by atoms with E-state index in [4.69, 9.17) is 9.52 Å². The molecule has 0 aliphatic rings. The topological polar surface area (TPSA) is 70.7 Å². The third-order valence-corrected chi connectivity index (χ3v) is 3.18. The van der Waals surface area contributed by atoms with E-state index >= 15 is 0 Å². The number of benzene rings is 2. The van der Waals surface area contributed by atoms with Crippen molar-refractivity contribution < 1.29 is 19.4 Å². The SMILES string of the molecule is Cc1ccc2oc(-c3ccc(C(=O)O)cc3O)cc2c1. The fourth-order valence-corrected chi connectivity index (χ4v) is 2.17. The zero-order chi connectivity index (χ0) is 14.3. The fraction of sp³-hybridized carbons (Fsp3) is 0.0625. The van der Waals surface area contributed by atoms with Crippen LogP contribution in [0.5, 0.6) is 5.75 Å². The lowest BCUT2D eigenvalue weighted by molar-refractivity contribution is 0.0696. The molecule has 0 amide bonds. The van der Waals surface area contributed by atoms with Crippen LogP contribution in [0.2, 0.25) is 0 Å². The molecule has 0 unspecified atom stereocenters. The summed E-state index contributed by atoms with van der Waals surface area (Å²) in [4.78, 5) is 10.8. The molecule has 0 aliphatic carbocycles. The monoisotopic (exact) mass is 268 g/mol. The van der Waals surface area contributed by atoms with Crippen molar-refractivity contribution in [1.29, 1.82) is 0 Å². The minimum absolute atomic E-state index is 0.0400. The number of phenols is 1. The van der Waals surface area contributed by atoms with Crippen molar-refractivity contribution in [2.24, 2.45) is 0 Å². The summed E-state index contributed by atoms with van der Waals surface area (Å²) in [5.41, 5.74) is 2.37. The Morgan fingerprint density at radius 3 is 2.60 bits per heavy atom. The van der Waals surface area contributed by atoms with Crippen molar-refractivity contribution in [1.82, 2.24) is 0 Å². The smallest absolute Gasteiger partial charge is 0.335 e. The van der Waals surface area contributed by atoms with Gasteiger partial charge in [0.2, 0.25) is 0 Å². The molecule has 0 aliphatic heterocycles. The number of carboxylic acids is 1. The number of aryl methyl sites for hydroxylation is 1. The normalized spacial score (nSPS) is 10.8. The van der Waals surface area contributed by atoms with Gasteiger partial charge in [0.25, 0.3) is 0 Å². The Kier molecular flexibility index (Phi) is 2.71. The predicted molar refractivity (Wildman–Crippen MR) is 75.0 cm³/mol. The molecule has 0 fully saturated rings. The number of carboxylic acid groups (broad SMARTS) is 1. The summed E-state index contributed by atoms with van der Waals surface area (Å²) in [7, 11) is 0. The van der Waals surface area contributed by atoms with Gasteiger partial charge in [0.15, 0.2) is 0 Å². The number of phenolic OH excluding ortho intramolecular Hbond substituents is 1. The number of aromatic hydroxyl groups is 1. The Balaban J connectivity index is 2.13. The van der Waals surface area contributed by atoms with Gasteiger partial charge in [0.1, 0.15) is 17.1 Å². The summed E-state index contributed by atoms with van der Waals surface area (Å²) in [6, 6.07) is 11.8. The first-order chi connectivity index (χ1) is 9.54. The average Bonchev–Trinajstić information content (AvgIpc) is 2.80. The van der Waals surface area contributed by atoms with Gasteiger partial charge in [-0.15, -0.1) is 0 Å². The summed E-state index contributed by atoms with van der Waals surface area (Å²) in [6.07, 6.45) is 0. The minimum Gasteiger partial charge on any atom is -0.507 e. The Bertz CT molecular complexity index is 814. The zero-order valence-electron chi connectivity index (χ0n) is 10.8. The third-order valence-electron chi connectivity index (χ3n) is 3.18. The molecule has 3 rings (SSSR count). The van der Waals surface area contributed by atoms with Gasteiger partial charge in [-0.05, 0) is 43.3 Å². The van der Waals surface area contributed by atoms with Crippen LogP contribution in [-0.2, 0) is 0 Å². The Labute approximate surface area is 114 Å². The van der Waals surface area contributed by atoms with Crippen LogP contribution in [0.4, 0.5) is 0 Å². The third kappa shape index (κ3) is 2.01. The van der Waals surface area contributed by atoms with Crippen molar-refractivity contribution in [2.75, 3.05) is 0 Å². The molecule has 3 aromatic rings. The molecule has 1 aromatic heterocycles. The van der Waals surface area contributed by atoms with Crippen LogP contribution in [0.25, 0.3) is 22.3 Å². The summed E-state index contributed by atoms with van der Waals surface area (Å²) >= 11 is 0. The first kappa shape index (κ1) is 12.3. The van der Waals surface area contributed by atoms with E-state index in [1.807, 2.05) is 31.2 Å². The highest BCUT2D eigenvalue weighted by molar-refractivity contribution is 5.90. The Morgan fingerprint density at radius 1 is 1.10 bits per heavy atom. The van der Waals surface area contributed by atoms with Gasteiger partial charge in [-0.1, -0.05) is 11.6 Å². The first-order valence-electron chi connectivity index (χ1n) is 6.11. The van der Waals surface area contributed by atoms with Crippen LogP contribution in [0.15, 0.2) is 46.9 Å². The summed E-state index contributed by atoms with van der Waals surface area (Å²) in [6.45, 7) is 1.99. The number of hydrogen-bond acceptors (Lipinski definition) is 3. The van der Waals surface area contributed by atoms with Crippen molar-refractivity contribution >= 4 is 16.9 Å². The maximum atomic E-state index is 10.8. The molecule has 1 heterocycles. The second-order valence-electron chi connectivity index (χ2n) is 4.69. The molecular weight excluding hydrogens is 256 g/mol. The molecule has 0 saturated heterocycles. The minimum atomic E-state index is -1.08. The maximum absolute atomic E-state index is 10.8. The molecule has 100 valence electrons. The van der Waals surface area contributed by atoms with Crippen LogP contribution < -0.4 is 0 Å². The van der Waals surface area contributed by atoms with Crippen molar-refractivity contribution in [3.63, 3.8) is 0 Å². The summed E-state index contributed by atoms with van der Waals surface area (Å²) in [5, 5.41) is 19.8. The first-order valence-corrected chi connectivity index (χ1v) is 6.11. The average molecular weight is 268 g/mol. The number of carbonyl (C=O) groups is 1. The van der Waals surface area contributed by atoms with Crippen LogP contribution in [0.1, 0.15) is 15.9 Å². The molecular formula is C16H12O4. The van der Waals surface area contributed by atoms with Gasteiger partial charge in [-0.25, -0.2) is 4.79 Å². The van der Waals surface area contributed by atoms with Gasteiger partial charge < -0.3 is 14.6 Å². The number of aromatic carboxylic acids is 1. The van der Waals surface area contributed by atoms with Gasteiger partial charge >= 0.3 is 5.97 Å². The highest BCUT2D eigenvalue weighted by Gasteiger charge is 2.13. The lowest BCUT2D eigenvalue weighted by Crippen LogP contribution is -1.95. The van der Waals surface area contributed by atoms with E-state index in [0.29, 0.717) is 11.3 Å². The lowest BCUT2D eigenvalue weighted by Gasteiger charge is -2.02. The van der Waals surface area contributed by atoms with E-state index < -0.39 is 5.97 Å². The largest absolute Gasteiger partial charge is 0.507 e. The van der Waals surface area contributed by atoms with Gasteiger partial charge in [0.05, 0.1) is 11.1 Å². The lowest BCUT2D eigenvalue weighted by atomic mass is 10.1. The predicted octanol–water partition coefficient (Wildman–Crippen LogP) is 3.81. The van der Waals surface area contributed by atoms with E-state index in [0.717, 1.165) is 16.5 Å². The summed E-state index contributed by atoms with van der Waals surface area (Å²) < 4.78 is 5.68. The highest BCUT2D eigenvalue weighted by Crippen LogP contribution is 2.34. The molecule has 20 heavy (non-hydrogen) atoms. The van der Waals surface area contributed by atoms with Crippen LogP contribution in [-0.4, -0.2) is 16.2 Å². The second kappa shape index (κ2) is 4.42.